The van der Waals surface area contributed by atoms with E-state index in [9.17, 15) is 9.90 Å². The monoisotopic (exact) mass is 282 g/mol. The molecule has 3 rings (SSSR count). The second kappa shape index (κ2) is 5.41. The molecule has 0 aliphatic heterocycles. The van der Waals surface area contributed by atoms with Gasteiger partial charge in [-0.3, -0.25) is 9.78 Å². The van der Waals surface area contributed by atoms with Gasteiger partial charge in [-0.15, -0.1) is 10.2 Å². The predicted octanol–water partition coefficient (Wildman–Crippen LogP) is 2.09. The van der Waals surface area contributed by atoms with E-state index >= 15 is 0 Å². The molecular weight excluding hydrogens is 272 g/mol. The van der Waals surface area contributed by atoms with Crippen LogP contribution in [-0.2, 0) is 0 Å². The van der Waals surface area contributed by atoms with Crippen molar-refractivity contribution in [2.45, 2.75) is 0 Å². The molecule has 1 aromatic carbocycles. The van der Waals surface area contributed by atoms with Gasteiger partial charge < -0.3 is 14.8 Å². The third kappa shape index (κ3) is 2.86. The van der Waals surface area contributed by atoms with Crippen LogP contribution in [0.5, 0.6) is 5.75 Å². The standard InChI is InChI=1S/C14H10N4O3/c19-12-5-10(6-15-7-12)13(20)17-11-3-1-2-9(4-11)14-18-16-8-21-14/h1-8,19H,(H,17,20). The number of benzene rings is 1. The quantitative estimate of drug-likeness (QED) is 0.762. The summed E-state index contributed by atoms with van der Waals surface area (Å²) in [5, 5.41) is 19.4. The van der Waals surface area contributed by atoms with Crippen molar-refractivity contribution in [3.63, 3.8) is 0 Å². The molecule has 2 heterocycles. The molecule has 0 saturated carbocycles. The number of anilines is 1. The minimum Gasteiger partial charge on any atom is -0.506 e. The maximum atomic E-state index is 12.1. The van der Waals surface area contributed by atoms with Crippen LogP contribution in [0.15, 0.2) is 53.5 Å². The van der Waals surface area contributed by atoms with Crippen molar-refractivity contribution in [1.29, 1.82) is 0 Å². The van der Waals surface area contributed by atoms with Crippen molar-refractivity contribution in [3.8, 4) is 17.2 Å². The highest BCUT2D eigenvalue weighted by molar-refractivity contribution is 6.04. The molecule has 0 saturated heterocycles. The molecule has 2 N–H and O–H groups in total. The van der Waals surface area contributed by atoms with E-state index in [1.165, 1.54) is 24.9 Å². The maximum Gasteiger partial charge on any atom is 0.257 e. The van der Waals surface area contributed by atoms with E-state index in [-0.39, 0.29) is 17.2 Å². The van der Waals surface area contributed by atoms with Gasteiger partial charge in [-0.2, -0.15) is 0 Å². The summed E-state index contributed by atoms with van der Waals surface area (Å²) in [6, 6.07) is 8.33. The maximum absolute atomic E-state index is 12.1. The fourth-order valence-corrected chi connectivity index (χ4v) is 1.78. The van der Waals surface area contributed by atoms with Crippen LogP contribution in [0.3, 0.4) is 0 Å². The molecule has 7 heteroatoms. The Balaban J connectivity index is 1.82. The zero-order chi connectivity index (χ0) is 14.7. The number of aromatic hydroxyl groups is 1. The van der Waals surface area contributed by atoms with Gasteiger partial charge in [0.2, 0.25) is 12.3 Å². The Bertz CT molecular complexity index is 771. The topological polar surface area (TPSA) is 101 Å². The molecule has 21 heavy (non-hydrogen) atoms. The Morgan fingerprint density at radius 3 is 2.90 bits per heavy atom. The third-order valence-electron chi connectivity index (χ3n) is 2.71. The first kappa shape index (κ1) is 12.8. The molecule has 0 fully saturated rings. The van der Waals surface area contributed by atoms with E-state index in [4.69, 9.17) is 4.42 Å². The molecule has 0 spiro atoms. The van der Waals surface area contributed by atoms with Crippen LogP contribution in [0.25, 0.3) is 11.5 Å². The largest absolute Gasteiger partial charge is 0.506 e. The van der Waals surface area contributed by atoms with E-state index in [2.05, 4.69) is 20.5 Å². The number of amides is 1. The fraction of sp³-hybridized carbons (Fsp3) is 0. The first-order valence-corrected chi connectivity index (χ1v) is 6.04. The fourth-order valence-electron chi connectivity index (χ4n) is 1.78. The number of aromatic nitrogens is 3. The SMILES string of the molecule is O=C(Nc1cccc(-c2nnco2)c1)c1cncc(O)c1. The predicted molar refractivity (Wildman–Crippen MR) is 73.6 cm³/mol. The van der Waals surface area contributed by atoms with Crippen LogP contribution in [-0.4, -0.2) is 26.2 Å². The van der Waals surface area contributed by atoms with Gasteiger partial charge in [0.25, 0.3) is 5.91 Å². The highest BCUT2D eigenvalue weighted by atomic mass is 16.4. The molecule has 3 aromatic rings. The van der Waals surface area contributed by atoms with Crippen LogP contribution in [0.1, 0.15) is 10.4 Å². The van der Waals surface area contributed by atoms with E-state index in [0.717, 1.165) is 0 Å². The first-order valence-electron chi connectivity index (χ1n) is 6.04. The molecule has 1 amide bonds. The van der Waals surface area contributed by atoms with Gasteiger partial charge in [0.05, 0.1) is 11.8 Å². The first-order chi connectivity index (χ1) is 10.2. The highest BCUT2D eigenvalue weighted by Crippen LogP contribution is 2.21. The minimum absolute atomic E-state index is 0.0674. The van der Waals surface area contributed by atoms with Gasteiger partial charge >= 0.3 is 0 Å². The van der Waals surface area contributed by atoms with Crippen molar-refractivity contribution < 1.29 is 14.3 Å². The second-order valence-electron chi connectivity index (χ2n) is 4.21. The molecular formula is C14H10N4O3. The van der Waals surface area contributed by atoms with E-state index in [1.54, 1.807) is 24.3 Å². The number of carbonyl (C=O) groups excluding carboxylic acids is 1. The zero-order valence-corrected chi connectivity index (χ0v) is 10.7. The number of hydrogen-bond donors (Lipinski definition) is 2. The summed E-state index contributed by atoms with van der Waals surface area (Å²) in [6.07, 6.45) is 3.86. The second-order valence-corrected chi connectivity index (χ2v) is 4.21. The molecule has 0 aliphatic rings. The summed E-state index contributed by atoms with van der Waals surface area (Å²) in [5.41, 5.74) is 1.52. The van der Waals surface area contributed by atoms with Crippen LogP contribution in [0.4, 0.5) is 5.69 Å². The Labute approximate surface area is 119 Å². The number of rotatable bonds is 3. The van der Waals surface area contributed by atoms with Gasteiger partial charge in [-0.05, 0) is 24.3 Å². The lowest BCUT2D eigenvalue weighted by Crippen LogP contribution is -2.12. The third-order valence-corrected chi connectivity index (χ3v) is 2.71. The summed E-state index contributed by atoms with van der Waals surface area (Å²) in [6.45, 7) is 0. The summed E-state index contributed by atoms with van der Waals surface area (Å²) < 4.78 is 5.10. The molecule has 104 valence electrons. The van der Waals surface area contributed by atoms with Crippen molar-refractivity contribution in [3.05, 3.63) is 54.7 Å². The number of nitrogens with zero attached hydrogens (tertiary/aromatic N) is 3. The van der Waals surface area contributed by atoms with Gasteiger partial charge in [0.1, 0.15) is 5.75 Å². The molecule has 2 aromatic heterocycles. The lowest BCUT2D eigenvalue weighted by atomic mass is 10.2. The summed E-state index contributed by atoms with van der Waals surface area (Å²) in [4.78, 5) is 15.8. The summed E-state index contributed by atoms with van der Waals surface area (Å²) >= 11 is 0. The Morgan fingerprint density at radius 1 is 1.24 bits per heavy atom. The van der Waals surface area contributed by atoms with Crippen molar-refractivity contribution in [1.82, 2.24) is 15.2 Å². The smallest absolute Gasteiger partial charge is 0.257 e. The van der Waals surface area contributed by atoms with Crippen LogP contribution in [0, 0.1) is 0 Å². The van der Waals surface area contributed by atoms with Crippen LogP contribution >= 0.6 is 0 Å². The van der Waals surface area contributed by atoms with Crippen molar-refractivity contribution in [2.24, 2.45) is 0 Å². The van der Waals surface area contributed by atoms with Crippen molar-refractivity contribution in [2.75, 3.05) is 5.32 Å². The minimum atomic E-state index is -0.374. The van der Waals surface area contributed by atoms with E-state index in [0.29, 0.717) is 17.1 Å². The Kier molecular flexibility index (Phi) is 3.30. The number of pyridine rings is 1. The molecule has 0 aliphatic carbocycles. The molecule has 0 bridgehead atoms. The van der Waals surface area contributed by atoms with Gasteiger partial charge in [0.15, 0.2) is 0 Å². The molecule has 0 unspecified atom stereocenters. The number of carbonyl (C=O) groups is 1. The van der Waals surface area contributed by atoms with Gasteiger partial charge in [-0.25, -0.2) is 0 Å². The van der Waals surface area contributed by atoms with Crippen molar-refractivity contribution >= 4 is 11.6 Å². The molecule has 0 radical (unpaired) electrons. The van der Waals surface area contributed by atoms with E-state index in [1.807, 2.05) is 0 Å². The normalized spacial score (nSPS) is 10.3. The number of nitrogens with one attached hydrogen (secondary N) is 1. The average molecular weight is 282 g/mol. The molecule has 0 atom stereocenters. The Morgan fingerprint density at radius 2 is 2.14 bits per heavy atom. The van der Waals surface area contributed by atoms with Gasteiger partial charge in [0, 0.05) is 17.4 Å². The number of hydrogen-bond acceptors (Lipinski definition) is 6. The average Bonchev–Trinajstić information content (AvgIpc) is 3.02. The molecule has 7 nitrogen and oxygen atoms in total. The zero-order valence-electron chi connectivity index (χ0n) is 10.7. The lowest BCUT2D eigenvalue weighted by Gasteiger charge is -2.06. The summed E-state index contributed by atoms with van der Waals surface area (Å²) in [5.74, 6) is -0.0755. The van der Waals surface area contributed by atoms with Gasteiger partial charge in [-0.1, -0.05) is 6.07 Å². The lowest BCUT2D eigenvalue weighted by molar-refractivity contribution is 0.102. The highest BCUT2D eigenvalue weighted by Gasteiger charge is 2.09. The summed E-state index contributed by atoms with van der Waals surface area (Å²) in [7, 11) is 0. The van der Waals surface area contributed by atoms with Crippen LogP contribution in [0.2, 0.25) is 0 Å². The Hall–Kier alpha value is -3.22. The van der Waals surface area contributed by atoms with Crippen LogP contribution < -0.4 is 5.32 Å². The van der Waals surface area contributed by atoms with E-state index < -0.39 is 0 Å².